The fourth-order valence-corrected chi connectivity index (χ4v) is 1.22. The van der Waals surface area contributed by atoms with E-state index in [0.717, 1.165) is 4.90 Å². The van der Waals surface area contributed by atoms with E-state index in [4.69, 9.17) is 15.3 Å². The number of carboxylic acid groups (broad SMARTS) is 1. The number of hydrogen-bond donors (Lipinski definition) is 3. The van der Waals surface area contributed by atoms with Gasteiger partial charge in [0.15, 0.2) is 0 Å². The monoisotopic (exact) mass is 234 g/mol. The molecule has 0 saturated carbocycles. The lowest BCUT2D eigenvalue weighted by Gasteiger charge is -2.28. The number of aliphatic hydroxyl groups is 2. The summed E-state index contributed by atoms with van der Waals surface area (Å²) in [6.07, 6.45) is 0. The molecule has 0 fully saturated rings. The van der Waals surface area contributed by atoms with Crippen LogP contribution in [0.5, 0.6) is 0 Å². The summed E-state index contributed by atoms with van der Waals surface area (Å²) in [6.45, 7) is 1.25. The highest BCUT2D eigenvalue weighted by Gasteiger charge is 2.20. The summed E-state index contributed by atoms with van der Waals surface area (Å²) in [5, 5.41) is 26.1. The molecule has 7 heteroatoms. The van der Waals surface area contributed by atoms with Crippen LogP contribution in [0.25, 0.3) is 0 Å². The molecule has 0 radical (unpaired) electrons. The quantitative estimate of drug-likeness (QED) is 0.513. The van der Waals surface area contributed by atoms with Crippen molar-refractivity contribution >= 4 is 12.0 Å². The second kappa shape index (κ2) is 7.89. The molecule has 0 aromatic carbocycles. The number of likely N-dealkylation sites (N-methyl/N-ethyl adjacent to an activating group) is 1. The SMILES string of the molecule is CCN(CC(=O)O)C(=O)N(CCO)CCO. The number of carbonyl (C=O) groups excluding carboxylic acids is 1. The van der Waals surface area contributed by atoms with Crippen molar-refractivity contribution in [1.29, 1.82) is 0 Å². The van der Waals surface area contributed by atoms with Gasteiger partial charge in [0.2, 0.25) is 0 Å². The van der Waals surface area contributed by atoms with Crippen molar-refractivity contribution in [2.24, 2.45) is 0 Å². The van der Waals surface area contributed by atoms with Gasteiger partial charge in [-0.2, -0.15) is 0 Å². The highest BCUT2D eigenvalue weighted by molar-refractivity contribution is 5.80. The molecule has 0 aliphatic heterocycles. The lowest BCUT2D eigenvalue weighted by Crippen LogP contribution is -2.47. The maximum atomic E-state index is 11.8. The second-order valence-corrected chi connectivity index (χ2v) is 3.12. The largest absolute Gasteiger partial charge is 0.480 e. The maximum Gasteiger partial charge on any atom is 0.323 e. The zero-order chi connectivity index (χ0) is 12.6. The minimum Gasteiger partial charge on any atom is -0.480 e. The smallest absolute Gasteiger partial charge is 0.323 e. The van der Waals surface area contributed by atoms with Crippen LogP contribution in [0.15, 0.2) is 0 Å². The summed E-state index contributed by atoms with van der Waals surface area (Å²) < 4.78 is 0. The number of hydrogen-bond acceptors (Lipinski definition) is 4. The second-order valence-electron chi connectivity index (χ2n) is 3.12. The number of aliphatic hydroxyl groups excluding tert-OH is 2. The Bertz CT molecular complexity index is 228. The van der Waals surface area contributed by atoms with Crippen molar-refractivity contribution in [3.05, 3.63) is 0 Å². The highest BCUT2D eigenvalue weighted by Crippen LogP contribution is 1.98. The molecule has 2 amide bonds. The molecule has 0 atom stereocenters. The minimum absolute atomic E-state index is 0.0789. The molecule has 0 bridgehead atoms. The van der Waals surface area contributed by atoms with Gasteiger partial charge in [0, 0.05) is 19.6 Å². The van der Waals surface area contributed by atoms with Crippen molar-refractivity contribution in [2.45, 2.75) is 6.92 Å². The first kappa shape index (κ1) is 14.7. The van der Waals surface area contributed by atoms with Crippen LogP contribution in [0.3, 0.4) is 0 Å². The van der Waals surface area contributed by atoms with E-state index in [-0.39, 0.29) is 39.4 Å². The van der Waals surface area contributed by atoms with Gasteiger partial charge < -0.3 is 25.1 Å². The Morgan fingerprint density at radius 3 is 1.88 bits per heavy atom. The van der Waals surface area contributed by atoms with E-state index in [1.165, 1.54) is 4.90 Å². The van der Waals surface area contributed by atoms with Gasteiger partial charge >= 0.3 is 12.0 Å². The van der Waals surface area contributed by atoms with E-state index in [2.05, 4.69) is 0 Å². The van der Waals surface area contributed by atoms with Gasteiger partial charge in [-0.05, 0) is 6.92 Å². The van der Waals surface area contributed by atoms with Crippen molar-refractivity contribution < 1.29 is 24.9 Å². The van der Waals surface area contributed by atoms with Crippen LogP contribution in [-0.4, -0.2) is 76.5 Å². The number of urea groups is 1. The molecule has 0 aromatic heterocycles. The Balaban J connectivity index is 4.47. The third kappa shape index (κ3) is 4.94. The summed E-state index contributed by atoms with van der Waals surface area (Å²) in [7, 11) is 0. The van der Waals surface area contributed by atoms with Crippen LogP contribution in [0.4, 0.5) is 4.79 Å². The molecule has 0 aromatic rings. The first-order chi connectivity index (χ1) is 7.56. The first-order valence-electron chi connectivity index (χ1n) is 5.04. The lowest BCUT2D eigenvalue weighted by molar-refractivity contribution is -0.137. The molecular formula is C9H18N2O5. The lowest BCUT2D eigenvalue weighted by atomic mass is 10.4. The molecule has 16 heavy (non-hydrogen) atoms. The molecule has 94 valence electrons. The van der Waals surface area contributed by atoms with Crippen molar-refractivity contribution in [2.75, 3.05) is 39.4 Å². The summed E-state index contributed by atoms with van der Waals surface area (Å²) in [5.41, 5.74) is 0. The van der Waals surface area contributed by atoms with Gasteiger partial charge in [0.1, 0.15) is 6.54 Å². The Morgan fingerprint density at radius 2 is 1.56 bits per heavy atom. The maximum absolute atomic E-state index is 11.8. The van der Waals surface area contributed by atoms with Crippen LogP contribution >= 0.6 is 0 Å². The van der Waals surface area contributed by atoms with Crippen LogP contribution in [0, 0.1) is 0 Å². The van der Waals surface area contributed by atoms with E-state index in [9.17, 15) is 9.59 Å². The van der Waals surface area contributed by atoms with E-state index >= 15 is 0 Å². The Kier molecular flexibility index (Phi) is 7.23. The molecule has 0 rings (SSSR count). The van der Waals surface area contributed by atoms with E-state index in [1.54, 1.807) is 6.92 Å². The zero-order valence-corrected chi connectivity index (χ0v) is 9.30. The zero-order valence-electron chi connectivity index (χ0n) is 9.30. The molecule has 0 spiro atoms. The molecule has 0 aliphatic rings. The summed E-state index contributed by atoms with van der Waals surface area (Å²) >= 11 is 0. The van der Waals surface area contributed by atoms with Crippen molar-refractivity contribution in [3.8, 4) is 0 Å². The summed E-state index contributed by atoms with van der Waals surface area (Å²) in [6, 6.07) is -0.493. The fourth-order valence-electron chi connectivity index (χ4n) is 1.22. The normalized spacial score (nSPS) is 9.94. The Labute approximate surface area is 93.9 Å². The van der Waals surface area contributed by atoms with Gasteiger partial charge in [-0.25, -0.2) is 4.79 Å². The molecular weight excluding hydrogens is 216 g/mol. The van der Waals surface area contributed by atoms with Crippen LogP contribution < -0.4 is 0 Å². The number of carboxylic acids is 1. The number of amides is 2. The van der Waals surface area contributed by atoms with Crippen molar-refractivity contribution in [3.63, 3.8) is 0 Å². The van der Waals surface area contributed by atoms with E-state index in [0.29, 0.717) is 0 Å². The number of nitrogens with zero attached hydrogens (tertiary/aromatic N) is 2. The topological polar surface area (TPSA) is 101 Å². The summed E-state index contributed by atoms with van der Waals surface area (Å²) in [5.74, 6) is -1.09. The standard InChI is InChI=1S/C9H18N2O5/c1-2-10(7-8(14)15)9(16)11(3-5-12)4-6-13/h12-13H,2-7H2,1H3,(H,14,15). The average Bonchev–Trinajstić information content (AvgIpc) is 2.24. The van der Waals surface area contributed by atoms with Gasteiger partial charge in [0.05, 0.1) is 13.2 Å². The van der Waals surface area contributed by atoms with Gasteiger partial charge in [0.25, 0.3) is 0 Å². The molecule has 7 nitrogen and oxygen atoms in total. The predicted octanol–water partition coefficient (Wildman–Crippen LogP) is -1.20. The highest BCUT2D eigenvalue weighted by atomic mass is 16.4. The van der Waals surface area contributed by atoms with E-state index in [1.807, 2.05) is 0 Å². The van der Waals surface area contributed by atoms with Crippen LogP contribution in [-0.2, 0) is 4.79 Å². The molecule has 0 aliphatic carbocycles. The third-order valence-corrected chi connectivity index (χ3v) is 1.99. The van der Waals surface area contributed by atoms with E-state index < -0.39 is 12.0 Å². The fraction of sp³-hybridized carbons (Fsp3) is 0.778. The Morgan fingerprint density at radius 1 is 1.06 bits per heavy atom. The van der Waals surface area contributed by atoms with Gasteiger partial charge in [-0.1, -0.05) is 0 Å². The van der Waals surface area contributed by atoms with Gasteiger partial charge in [-0.3, -0.25) is 4.79 Å². The van der Waals surface area contributed by atoms with Crippen molar-refractivity contribution in [1.82, 2.24) is 9.80 Å². The number of aliphatic carboxylic acids is 1. The predicted molar refractivity (Wildman–Crippen MR) is 56.0 cm³/mol. The van der Waals surface area contributed by atoms with Crippen LogP contribution in [0.2, 0.25) is 0 Å². The Hall–Kier alpha value is -1.34. The minimum atomic E-state index is -1.09. The number of carbonyl (C=O) groups is 2. The summed E-state index contributed by atoms with van der Waals surface area (Å²) in [4.78, 5) is 24.6. The molecule has 0 heterocycles. The van der Waals surface area contributed by atoms with Gasteiger partial charge in [-0.15, -0.1) is 0 Å². The third-order valence-electron chi connectivity index (χ3n) is 1.99. The molecule has 3 N–H and O–H groups in total. The molecule has 0 saturated heterocycles. The molecule has 0 unspecified atom stereocenters. The number of rotatable bonds is 7. The average molecular weight is 234 g/mol. The first-order valence-corrected chi connectivity index (χ1v) is 5.04. The van der Waals surface area contributed by atoms with Crippen LogP contribution in [0.1, 0.15) is 6.92 Å².